The Morgan fingerprint density at radius 1 is 1.15 bits per heavy atom. The Morgan fingerprint density at radius 3 is 2.74 bits per heavy atom. The lowest BCUT2D eigenvalue weighted by atomic mass is 10.1. The van der Waals surface area contributed by atoms with Gasteiger partial charge in [-0.1, -0.05) is 18.7 Å². The van der Waals surface area contributed by atoms with Crippen LogP contribution in [-0.2, 0) is 19.0 Å². The first-order valence-electron chi connectivity index (χ1n) is 8.94. The molecule has 1 unspecified atom stereocenters. The van der Waals surface area contributed by atoms with Crippen molar-refractivity contribution in [2.45, 2.75) is 13.0 Å². The van der Waals surface area contributed by atoms with Crippen molar-refractivity contribution in [2.24, 2.45) is 0 Å². The lowest BCUT2D eigenvalue weighted by Gasteiger charge is -2.11. The molecule has 6 nitrogen and oxygen atoms in total. The standard InChI is InChI=1S/C21H24O6/c1-15(2)21(22)25-11-9-23-8-10-24-17-6-7-19-16(12-17)4-3-5-20(19)27-14-18-13-26-18/h3-7,12,18H,1,8-11,13-14H2,2H3. The maximum absolute atomic E-state index is 11.2. The lowest BCUT2D eigenvalue weighted by molar-refractivity contribution is -0.140. The summed E-state index contributed by atoms with van der Waals surface area (Å²) < 4.78 is 27.1. The van der Waals surface area contributed by atoms with Crippen LogP contribution in [0.25, 0.3) is 10.8 Å². The van der Waals surface area contributed by atoms with E-state index in [2.05, 4.69) is 6.58 Å². The summed E-state index contributed by atoms with van der Waals surface area (Å²) in [5.41, 5.74) is 0.379. The van der Waals surface area contributed by atoms with Crippen LogP contribution < -0.4 is 9.47 Å². The van der Waals surface area contributed by atoms with Crippen molar-refractivity contribution < 1.29 is 28.5 Å². The summed E-state index contributed by atoms with van der Waals surface area (Å²) in [4.78, 5) is 11.2. The molecular weight excluding hydrogens is 348 g/mol. The molecule has 1 aliphatic heterocycles. The summed E-state index contributed by atoms with van der Waals surface area (Å²) in [6.45, 7) is 7.83. The number of esters is 1. The molecular formula is C21H24O6. The van der Waals surface area contributed by atoms with Crippen LogP contribution in [0.5, 0.6) is 11.5 Å². The molecule has 0 N–H and O–H groups in total. The second-order valence-electron chi connectivity index (χ2n) is 6.28. The molecule has 1 fully saturated rings. The van der Waals surface area contributed by atoms with E-state index in [0.29, 0.717) is 32.0 Å². The van der Waals surface area contributed by atoms with Crippen LogP contribution in [0, 0.1) is 0 Å². The molecule has 1 heterocycles. The zero-order valence-corrected chi connectivity index (χ0v) is 15.4. The molecule has 144 valence electrons. The van der Waals surface area contributed by atoms with E-state index in [-0.39, 0.29) is 12.7 Å². The van der Waals surface area contributed by atoms with E-state index < -0.39 is 5.97 Å². The molecule has 3 rings (SSSR count). The molecule has 0 spiro atoms. The number of carbonyl (C=O) groups excluding carboxylic acids is 1. The monoisotopic (exact) mass is 372 g/mol. The second-order valence-corrected chi connectivity index (χ2v) is 6.28. The second kappa shape index (κ2) is 9.39. The Morgan fingerprint density at radius 2 is 1.96 bits per heavy atom. The van der Waals surface area contributed by atoms with E-state index in [9.17, 15) is 4.79 Å². The average Bonchev–Trinajstić information content (AvgIpc) is 3.49. The number of carbonyl (C=O) groups is 1. The first-order valence-corrected chi connectivity index (χ1v) is 8.94. The molecule has 2 aromatic rings. The predicted octanol–water partition coefficient (Wildman–Crippen LogP) is 3.13. The van der Waals surface area contributed by atoms with E-state index in [0.717, 1.165) is 28.9 Å². The van der Waals surface area contributed by atoms with Crippen molar-refractivity contribution in [1.29, 1.82) is 0 Å². The van der Waals surface area contributed by atoms with Gasteiger partial charge in [0.05, 0.1) is 19.8 Å². The first kappa shape index (κ1) is 19.2. The number of ether oxygens (including phenoxy) is 5. The highest BCUT2D eigenvalue weighted by atomic mass is 16.6. The van der Waals surface area contributed by atoms with Gasteiger partial charge in [0.15, 0.2) is 0 Å². The summed E-state index contributed by atoms with van der Waals surface area (Å²) in [6.07, 6.45) is 0.229. The van der Waals surface area contributed by atoms with Gasteiger partial charge in [-0.25, -0.2) is 4.79 Å². The van der Waals surface area contributed by atoms with Gasteiger partial charge in [-0.3, -0.25) is 0 Å². The van der Waals surface area contributed by atoms with Gasteiger partial charge in [0.25, 0.3) is 0 Å². The Bertz CT molecular complexity index is 796. The van der Waals surface area contributed by atoms with Crippen molar-refractivity contribution in [1.82, 2.24) is 0 Å². The first-order chi connectivity index (χ1) is 13.1. The highest BCUT2D eigenvalue weighted by Crippen LogP contribution is 2.29. The predicted molar refractivity (Wildman–Crippen MR) is 101 cm³/mol. The summed E-state index contributed by atoms with van der Waals surface area (Å²) in [7, 11) is 0. The fourth-order valence-electron chi connectivity index (χ4n) is 2.43. The minimum Gasteiger partial charge on any atom is -0.491 e. The number of benzene rings is 2. The van der Waals surface area contributed by atoms with Gasteiger partial charge in [0.1, 0.15) is 37.4 Å². The third-order valence-electron chi connectivity index (χ3n) is 3.94. The average molecular weight is 372 g/mol. The van der Waals surface area contributed by atoms with E-state index >= 15 is 0 Å². The quantitative estimate of drug-likeness (QED) is 0.261. The van der Waals surface area contributed by atoms with E-state index in [1.807, 2.05) is 36.4 Å². The normalized spacial score (nSPS) is 15.4. The van der Waals surface area contributed by atoms with Crippen LogP contribution in [0.2, 0.25) is 0 Å². The van der Waals surface area contributed by atoms with Gasteiger partial charge in [-0.15, -0.1) is 0 Å². The zero-order chi connectivity index (χ0) is 19.1. The topological polar surface area (TPSA) is 66.5 Å². The molecule has 1 saturated heterocycles. The van der Waals surface area contributed by atoms with E-state index in [4.69, 9.17) is 23.7 Å². The molecule has 6 heteroatoms. The summed E-state index contributed by atoms with van der Waals surface area (Å²) in [5.74, 6) is 1.21. The fraction of sp³-hybridized carbons (Fsp3) is 0.381. The largest absolute Gasteiger partial charge is 0.491 e. The number of hydrogen-bond donors (Lipinski definition) is 0. The fourth-order valence-corrected chi connectivity index (χ4v) is 2.43. The van der Waals surface area contributed by atoms with Gasteiger partial charge in [-0.05, 0) is 36.6 Å². The summed E-state index contributed by atoms with van der Waals surface area (Å²) >= 11 is 0. The SMILES string of the molecule is C=C(C)C(=O)OCCOCCOc1ccc2c(OCC3CO3)cccc2c1. The molecule has 1 atom stereocenters. The van der Waals surface area contributed by atoms with Crippen LogP contribution in [0.15, 0.2) is 48.6 Å². The molecule has 1 aliphatic rings. The zero-order valence-electron chi connectivity index (χ0n) is 15.4. The molecule has 0 amide bonds. The van der Waals surface area contributed by atoms with Crippen molar-refractivity contribution >= 4 is 16.7 Å². The lowest BCUT2D eigenvalue weighted by Crippen LogP contribution is -2.13. The van der Waals surface area contributed by atoms with Crippen LogP contribution >= 0.6 is 0 Å². The highest BCUT2D eigenvalue weighted by molar-refractivity contribution is 5.89. The Hall–Kier alpha value is -2.57. The third kappa shape index (κ3) is 5.98. The molecule has 0 radical (unpaired) electrons. The maximum atomic E-state index is 11.2. The van der Waals surface area contributed by atoms with Gasteiger partial charge < -0.3 is 23.7 Å². The van der Waals surface area contributed by atoms with Crippen LogP contribution in [-0.4, -0.2) is 51.7 Å². The van der Waals surface area contributed by atoms with Gasteiger partial charge in [0.2, 0.25) is 0 Å². The van der Waals surface area contributed by atoms with E-state index in [1.54, 1.807) is 6.92 Å². The number of hydrogen-bond acceptors (Lipinski definition) is 6. The van der Waals surface area contributed by atoms with Crippen molar-refractivity contribution in [3.05, 3.63) is 48.6 Å². The number of rotatable bonds is 11. The Kier molecular flexibility index (Phi) is 6.68. The van der Waals surface area contributed by atoms with Gasteiger partial charge in [0, 0.05) is 11.0 Å². The molecule has 0 aromatic heterocycles. The van der Waals surface area contributed by atoms with Gasteiger partial charge >= 0.3 is 5.97 Å². The van der Waals surface area contributed by atoms with Crippen LogP contribution in [0.3, 0.4) is 0 Å². The summed E-state index contributed by atoms with van der Waals surface area (Å²) in [6, 6.07) is 11.8. The minimum absolute atomic E-state index is 0.205. The Labute approximate surface area is 158 Å². The highest BCUT2D eigenvalue weighted by Gasteiger charge is 2.23. The molecule has 0 aliphatic carbocycles. The van der Waals surface area contributed by atoms with Crippen molar-refractivity contribution in [2.75, 3.05) is 39.6 Å². The van der Waals surface area contributed by atoms with Crippen LogP contribution in [0.1, 0.15) is 6.92 Å². The number of fused-ring (bicyclic) bond motifs is 1. The Balaban J connectivity index is 1.41. The third-order valence-corrected chi connectivity index (χ3v) is 3.94. The molecule has 2 aromatic carbocycles. The maximum Gasteiger partial charge on any atom is 0.333 e. The number of epoxide rings is 1. The minimum atomic E-state index is -0.404. The molecule has 0 saturated carbocycles. The van der Waals surface area contributed by atoms with Crippen molar-refractivity contribution in [3.63, 3.8) is 0 Å². The van der Waals surface area contributed by atoms with E-state index in [1.165, 1.54) is 0 Å². The van der Waals surface area contributed by atoms with Crippen LogP contribution in [0.4, 0.5) is 0 Å². The summed E-state index contributed by atoms with van der Waals surface area (Å²) in [5, 5.41) is 2.09. The van der Waals surface area contributed by atoms with Crippen molar-refractivity contribution in [3.8, 4) is 11.5 Å². The smallest absolute Gasteiger partial charge is 0.333 e. The molecule has 27 heavy (non-hydrogen) atoms. The molecule has 0 bridgehead atoms. The van der Waals surface area contributed by atoms with Gasteiger partial charge in [-0.2, -0.15) is 0 Å².